The number of quaternary nitrogens is 2. The summed E-state index contributed by atoms with van der Waals surface area (Å²) in [6.07, 6.45) is 28.5. The Bertz CT molecular complexity index is 343. The Labute approximate surface area is 197 Å². The summed E-state index contributed by atoms with van der Waals surface area (Å²) in [7, 11) is 0. The molecule has 31 heavy (non-hydrogen) atoms. The molecule has 192 valence electrons. The van der Waals surface area contributed by atoms with Gasteiger partial charge in [-0.05, 0) is 25.7 Å². The van der Waals surface area contributed by atoms with Crippen molar-refractivity contribution in [3.8, 4) is 0 Å². The van der Waals surface area contributed by atoms with Crippen LogP contribution in [0.5, 0.6) is 0 Å². The monoisotopic (exact) mass is 534 g/mol. The first-order valence-corrected chi connectivity index (χ1v) is 16.4. The molecule has 0 aromatic rings. The predicted molar refractivity (Wildman–Crippen MR) is 121 cm³/mol. The molecule has 6 N–H and O–H groups in total. The van der Waals surface area contributed by atoms with Gasteiger partial charge in [0.25, 0.3) is 0 Å². The third-order valence-electron chi connectivity index (χ3n) is 5.21. The zero-order valence-electron chi connectivity index (χ0n) is 21.0. The van der Waals surface area contributed by atoms with Crippen LogP contribution in [0.15, 0.2) is 0 Å². The molecule has 0 aliphatic carbocycles. The van der Waals surface area contributed by atoms with Crippen molar-refractivity contribution in [2.45, 2.75) is 142 Å². The third kappa shape index (κ3) is 58.8. The second-order valence-electron chi connectivity index (χ2n) is 8.48. The fourth-order valence-electron chi connectivity index (χ4n) is 3.33. The fraction of sp³-hybridized carbons (Fsp3) is 1.00. The first kappa shape index (κ1) is 35.7. The fourth-order valence-corrected chi connectivity index (χ4v) is 3.33. The Balaban J connectivity index is -0.000000416. The summed E-state index contributed by atoms with van der Waals surface area (Å²) >= 11 is -6.02. The van der Waals surface area contributed by atoms with Crippen LogP contribution in [0.3, 0.4) is 0 Å². The molecule has 7 heteroatoms. The molecule has 0 bridgehead atoms. The molecular weight excluding hydrogens is 476 g/mol. The van der Waals surface area contributed by atoms with Gasteiger partial charge in [0.2, 0.25) is 0 Å². The first-order chi connectivity index (χ1) is 14.8. The van der Waals surface area contributed by atoms with E-state index in [1.165, 1.54) is 128 Å². The quantitative estimate of drug-likeness (QED) is 0.183. The van der Waals surface area contributed by atoms with Crippen LogP contribution in [0.4, 0.5) is 0 Å². The Morgan fingerprint density at radius 1 is 0.452 bits per heavy atom. The van der Waals surface area contributed by atoms with Crippen molar-refractivity contribution in [3.05, 3.63) is 0 Å². The van der Waals surface area contributed by atoms with Crippen LogP contribution in [0.1, 0.15) is 142 Å². The van der Waals surface area contributed by atoms with Crippen molar-refractivity contribution < 1.29 is 42.5 Å². The Morgan fingerprint density at radius 2 is 0.613 bits per heavy atom. The summed E-state index contributed by atoms with van der Waals surface area (Å²) in [5, 5.41) is 0. The molecule has 0 amide bonds. The molecule has 0 heterocycles. The van der Waals surface area contributed by atoms with Crippen molar-refractivity contribution in [1.29, 1.82) is 0 Å². The summed E-state index contributed by atoms with van der Waals surface area (Å²) in [5.41, 5.74) is 7.71. The zero-order chi connectivity index (χ0) is 24.1. The van der Waals surface area contributed by atoms with Gasteiger partial charge in [-0.3, -0.25) is 0 Å². The summed E-state index contributed by atoms with van der Waals surface area (Å²) in [6, 6.07) is 0. The Morgan fingerprint density at radius 3 is 0.774 bits per heavy atom. The molecule has 0 fully saturated rings. The minimum atomic E-state index is -6.02. The van der Waals surface area contributed by atoms with E-state index in [-0.39, 0.29) is 0 Å². The van der Waals surface area contributed by atoms with Gasteiger partial charge in [0.15, 0.2) is 0 Å². The standard InChI is InChI=1S/2C12H27N.Mo.4O/c2*1-2-3-4-5-6-7-8-9-10-11-12-13;;;;;/h2*2-13H2,1H3;;;;;/q;;;;;2*-1/p+2. The summed E-state index contributed by atoms with van der Waals surface area (Å²) in [6.45, 7) is 6.80. The minimum absolute atomic E-state index is 1.12. The average Bonchev–Trinajstić information content (AvgIpc) is 2.71. The van der Waals surface area contributed by atoms with Gasteiger partial charge in [-0.1, -0.05) is 117 Å². The molecule has 0 aromatic carbocycles. The zero-order valence-corrected chi connectivity index (χ0v) is 23.0. The van der Waals surface area contributed by atoms with Crippen molar-refractivity contribution in [3.63, 3.8) is 0 Å². The number of unbranched alkanes of at least 4 members (excludes halogenated alkanes) is 18. The van der Waals surface area contributed by atoms with Crippen LogP contribution < -0.4 is 19.0 Å². The second kappa shape index (κ2) is 32.3. The molecule has 0 rings (SSSR count). The van der Waals surface area contributed by atoms with Crippen LogP contribution in [0, 0.1) is 0 Å². The van der Waals surface area contributed by atoms with E-state index >= 15 is 0 Å². The van der Waals surface area contributed by atoms with Crippen molar-refractivity contribution in [2.75, 3.05) is 13.1 Å². The molecule has 0 saturated heterocycles. The molecule has 0 unspecified atom stereocenters. The molecule has 6 nitrogen and oxygen atoms in total. The molecule has 0 aliphatic heterocycles. The van der Waals surface area contributed by atoms with E-state index in [0.717, 1.165) is 13.1 Å². The van der Waals surface area contributed by atoms with Gasteiger partial charge >= 0.3 is 31.1 Å². The van der Waals surface area contributed by atoms with Gasteiger partial charge < -0.3 is 11.5 Å². The van der Waals surface area contributed by atoms with E-state index in [1.807, 2.05) is 0 Å². The maximum absolute atomic E-state index is 8.63. The van der Waals surface area contributed by atoms with E-state index < -0.39 is 16.7 Å². The number of hydrogen-bond donors (Lipinski definition) is 2. The van der Waals surface area contributed by atoms with E-state index in [2.05, 4.69) is 25.3 Å². The molecular formula is C24H56MoN2O4. The first-order valence-electron chi connectivity index (χ1n) is 13.1. The van der Waals surface area contributed by atoms with Crippen LogP contribution in [0.25, 0.3) is 0 Å². The van der Waals surface area contributed by atoms with Crippen LogP contribution in [-0.2, 0) is 23.5 Å². The van der Waals surface area contributed by atoms with Crippen molar-refractivity contribution in [2.24, 2.45) is 0 Å². The van der Waals surface area contributed by atoms with Crippen LogP contribution >= 0.6 is 0 Å². The van der Waals surface area contributed by atoms with E-state index in [4.69, 9.17) is 14.3 Å². The molecule has 0 atom stereocenters. The van der Waals surface area contributed by atoms with Crippen molar-refractivity contribution in [1.82, 2.24) is 0 Å². The average molecular weight is 533 g/mol. The molecule has 0 aliphatic rings. The second-order valence-corrected chi connectivity index (χ2v) is 10.5. The third-order valence-corrected chi connectivity index (χ3v) is 5.21. The van der Waals surface area contributed by atoms with Gasteiger partial charge in [-0.25, -0.2) is 0 Å². The number of rotatable bonds is 20. The van der Waals surface area contributed by atoms with Crippen LogP contribution in [0.2, 0.25) is 0 Å². The topological polar surface area (TPSA) is 136 Å². The summed E-state index contributed by atoms with van der Waals surface area (Å²) < 4.78 is 34.5. The van der Waals surface area contributed by atoms with E-state index in [0.29, 0.717) is 0 Å². The van der Waals surface area contributed by atoms with E-state index in [1.54, 1.807) is 0 Å². The van der Waals surface area contributed by atoms with Gasteiger partial charge in [0.05, 0.1) is 13.1 Å². The summed E-state index contributed by atoms with van der Waals surface area (Å²) in [4.78, 5) is 0. The van der Waals surface area contributed by atoms with Gasteiger partial charge in [0, 0.05) is 0 Å². The van der Waals surface area contributed by atoms with Crippen LogP contribution in [-0.4, -0.2) is 13.1 Å². The Kier molecular flexibility index (Phi) is 37.2. The summed E-state index contributed by atoms with van der Waals surface area (Å²) in [5.74, 6) is 0. The number of hydrogen-bond acceptors (Lipinski definition) is 4. The Hall–Kier alpha value is 0.128. The van der Waals surface area contributed by atoms with Gasteiger partial charge in [-0.2, -0.15) is 0 Å². The predicted octanol–water partition coefficient (Wildman–Crippen LogP) is 3.68. The normalized spacial score (nSPS) is 10.8. The molecule has 0 spiro atoms. The van der Waals surface area contributed by atoms with E-state index in [9.17, 15) is 0 Å². The van der Waals surface area contributed by atoms with Crippen molar-refractivity contribution >= 4 is 0 Å². The van der Waals surface area contributed by atoms with Gasteiger partial charge in [-0.15, -0.1) is 0 Å². The maximum atomic E-state index is 8.63. The van der Waals surface area contributed by atoms with Gasteiger partial charge in [0.1, 0.15) is 0 Å². The molecule has 0 saturated carbocycles. The molecule has 0 radical (unpaired) electrons. The molecule has 0 aromatic heterocycles. The SMILES string of the molecule is CCCCCCCCCCCC[NH3+].CCCCCCCCCCCC[NH3+].[O]=[Mo](=[O])([O-])[O-].